The molecule has 0 atom stereocenters. The molecule has 0 aliphatic rings. The average molecular weight is 715 g/mol. The number of nitrogens with zero attached hydrogens (tertiary/aromatic N) is 4. The van der Waals surface area contributed by atoms with Crippen LogP contribution in [0.25, 0.3) is 100 Å². The van der Waals surface area contributed by atoms with Gasteiger partial charge in [-0.2, -0.15) is 0 Å². The maximum absolute atomic E-state index is 5.30. The normalized spacial score (nSPS) is 11.2. The van der Waals surface area contributed by atoms with Crippen molar-refractivity contribution in [2.75, 3.05) is 0 Å². The van der Waals surface area contributed by atoms with E-state index < -0.39 is 0 Å². The third-order valence-electron chi connectivity index (χ3n) is 10.3. The van der Waals surface area contributed by atoms with Crippen LogP contribution in [0.4, 0.5) is 0 Å². The molecule has 0 aliphatic carbocycles. The predicted molar refractivity (Wildman–Crippen MR) is 231 cm³/mol. The molecule has 10 aromatic rings. The first kappa shape index (κ1) is 33.0. The second kappa shape index (κ2) is 14.3. The molecule has 0 radical (unpaired) electrons. The van der Waals surface area contributed by atoms with Crippen molar-refractivity contribution in [3.8, 4) is 78.8 Å². The number of hydrogen-bond acceptors (Lipinski definition) is 4. The van der Waals surface area contributed by atoms with Crippen LogP contribution in [0.3, 0.4) is 0 Å². The fraction of sp³-hybridized carbons (Fsp3) is 0. The molecule has 0 saturated heterocycles. The Morgan fingerprint density at radius 2 is 0.732 bits per heavy atom. The summed E-state index contributed by atoms with van der Waals surface area (Å²) in [4.78, 5) is 20.9. The first-order chi connectivity index (χ1) is 27.7. The van der Waals surface area contributed by atoms with E-state index in [1.54, 1.807) is 0 Å². The summed E-state index contributed by atoms with van der Waals surface area (Å²) >= 11 is 0. The highest BCUT2D eigenvalue weighted by molar-refractivity contribution is 6.16. The lowest BCUT2D eigenvalue weighted by Gasteiger charge is -2.15. The largest absolute Gasteiger partial charge is 0.248 e. The third kappa shape index (κ3) is 6.29. The maximum atomic E-state index is 5.30. The molecule has 2 aromatic heterocycles. The van der Waals surface area contributed by atoms with Gasteiger partial charge in [-0.05, 0) is 74.5 Å². The van der Waals surface area contributed by atoms with Crippen LogP contribution in [-0.4, -0.2) is 19.9 Å². The van der Waals surface area contributed by atoms with Crippen molar-refractivity contribution < 1.29 is 0 Å². The van der Waals surface area contributed by atoms with E-state index in [9.17, 15) is 0 Å². The number of aromatic nitrogens is 4. The molecule has 2 heterocycles. The summed E-state index contributed by atoms with van der Waals surface area (Å²) in [7, 11) is 0. The number of rotatable bonds is 7. The molecule has 0 spiro atoms. The number of benzene rings is 8. The minimum absolute atomic E-state index is 0.611. The summed E-state index contributed by atoms with van der Waals surface area (Å²) in [6, 6.07) is 71.6. The first-order valence-corrected chi connectivity index (χ1v) is 18.8. The average Bonchev–Trinajstić information content (AvgIpc) is 3.29. The van der Waals surface area contributed by atoms with Crippen LogP contribution in [-0.2, 0) is 0 Å². The summed E-state index contributed by atoms with van der Waals surface area (Å²) in [5.74, 6) is 1.84. The van der Waals surface area contributed by atoms with Crippen molar-refractivity contribution in [1.29, 1.82) is 0 Å². The van der Waals surface area contributed by atoms with Crippen molar-refractivity contribution >= 4 is 21.7 Å². The molecular weight excluding hydrogens is 681 g/mol. The Morgan fingerprint density at radius 3 is 1.32 bits per heavy atom. The quantitative estimate of drug-likeness (QED) is 0.154. The molecule has 0 N–H and O–H groups in total. The lowest BCUT2D eigenvalue weighted by Crippen LogP contribution is -2.01. The SMILES string of the molecule is c1ccc(-c2cc(-c3ccccc3)cc(-c3nc(-c4ccccc4)nc(-c4cccc5c4ccc4nc(-c6ccccc6)cc(-c6ccccc6)c45)n3)c2)cc1. The van der Waals surface area contributed by atoms with Crippen LogP contribution in [0, 0.1) is 0 Å². The van der Waals surface area contributed by atoms with Gasteiger partial charge >= 0.3 is 0 Å². The van der Waals surface area contributed by atoms with Gasteiger partial charge in [-0.25, -0.2) is 19.9 Å². The molecule has 56 heavy (non-hydrogen) atoms. The molecule has 10 rings (SSSR count). The summed E-state index contributed by atoms with van der Waals surface area (Å²) in [6.45, 7) is 0. The fourth-order valence-corrected chi connectivity index (χ4v) is 7.58. The van der Waals surface area contributed by atoms with Gasteiger partial charge < -0.3 is 0 Å². The van der Waals surface area contributed by atoms with Crippen LogP contribution in [0.5, 0.6) is 0 Å². The molecule has 4 heteroatoms. The first-order valence-electron chi connectivity index (χ1n) is 18.8. The van der Waals surface area contributed by atoms with Gasteiger partial charge in [0.1, 0.15) is 0 Å². The molecule has 0 saturated carbocycles. The highest BCUT2D eigenvalue weighted by Gasteiger charge is 2.19. The van der Waals surface area contributed by atoms with Crippen LogP contribution in [0.1, 0.15) is 0 Å². The lowest BCUT2D eigenvalue weighted by molar-refractivity contribution is 1.08. The van der Waals surface area contributed by atoms with E-state index in [1.807, 2.05) is 36.4 Å². The van der Waals surface area contributed by atoms with E-state index in [4.69, 9.17) is 19.9 Å². The Hall–Kier alpha value is -7.56. The van der Waals surface area contributed by atoms with Gasteiger partial charge in [-0.15, -0.1) is 0 Å². The van der Waals surface area contributed by atoms with E-state index in [2.05, 4.69) is 170 Å². The summed E-state index contributed by atoms with van der Waals surface area (Å²) in [5, 5.41) is 3.23. The zero-order chi connectivity index (χ0) is 37.3. The van der Waals surface area contributed by atoms with Gasteiger partial charge in [0.05, 0.1) is 11.2 Å². The van der Waals surface area contributed by atoms with Crippen LogP contribution in [0.2, 0.25) is 0 Å². The van der Waals surface area contributed by atoms with Crippen LogP contribution in [0.15, 0.2) is 206 Å². The van der Waals surface area contributed by atoms with E-state index >= 15 is 0 Å². The molecule has 0 aliphatic heterocycles. The molecule has 4 nitrogen and oxygen atoms in total. The van der Waals surface area contributed by atoms with Crippen LogP contribution < -0.4 is 0 Å². The number of hydrogen-bond donors (Lipinski definition) is 0. The molecule has 0 bridgehead atoms. The smallest absolute Gasteiger partial charge is 0.164 e. The zero-order valence-electron chi connectivity index (χ0n) is 30.4. The van der Waals surface area contributed by atoms with E-state index in [0.717, 1.165) is 83.0 Å². The Morgan fingerprint density at radius 1 is 0.250 bits per heavy atom. The van der Waals surface area contributed by atoms with Crippen molar-refractivity contribution in [2.24, 2.45) is 0 Å². The highest BCUT2D eigenvalue weighted by atomic mass is 15.0. The van der Waals surface area contributed by atoms with Crippen molar-refractivity contribution in [3.05, 3.63) is 206 Å². The fourth-order valence-electron chi connectivity index (χ4n) is 7.58. The molecule has 8 aromatic carbocycles. The van der Waals surface area contributed by atoms with Crippen molar-refractivity contribution in [3.63, 3.8) is 0 Å². The summed E-state index contributed by atoms with van der Waals surface area (Å²) < 4.78 is 0. The topological polar surface area (TPSA) is 51.6 Å². The Labute approximate surface area is 325 Å². The van der Waals surface area contributed by atoms with Crippen molar-refractivity contribution in [2.45, 2.75) is 0 Å². The zero-order valence-corrected chi connectivity index (χ0v) is 30.4. The van der Waals surface area contributed by atoms with Gasteiger partial charge in [-0.1, -0.05) is 176 Å². The van der Waals surface area contributed by atoms with E-state index in [0.29, 0.717) is 17.5 Å². The maximum Gasteiger partial charge on any atom is 0.164 e. The molecule has 0 amide bonds. The second-order valence-electron chi connectivity index (χ2n) is 13.9. The van der Waals surface area contributed by atoms with Crippen molar-refractivity contribution in [1.82, 2.24) is 19.9 Å². The van der Waals surface area contributed by atoms with E-state index in [1.165, 1.54) is 0 Å². The monoisotopic (exact) mass is 714 g/mol. The lowest BCUT2D eigenvalue weighted by atomic mass is 9.93. The Balaban J connectivity index is 1.21. The molecule has 0 unspecified atom stereocenters. The number of fused-ring (bicyclic) bond motifs is 3. The van der Waals surface area contributed by atoms with Gasteiger partial charge in [-0.3, -0.25) is 0 Å². The molecule has 0 fully saturated rings. The minimum Gasteiger partial charge on any atom is -0.248 e. The van der Waals surface area contributed by atoms with Gasteiger partial charge in [0, 0.05) is 27.6 Å². The Bertz CT molecular complexity index is 2930. The third-order valence-corrected chi connectivity index (χ3v) is 10.3. The molecular formula is C52H34N4. The van der Waals surface area contributed by atoms with Crippen LogP contribution >= 0.6 is 0 Å². The van der Waals surface area contributed by atoms with Gasteiger partial charge in [0.25, 0.3) is 0 Å². The molecule has 262 valence electrons. The number of pyridine rings is 1. The van der Waals surface area contributed by atoms with Gasteiger partial charge in [0.15, 0.2) is 17.5 Å². The summed E-state index contributed by atoms with van der Waals surface area (Å²) in [5.41, 5.74) is 12.4. The predicted octanol–water partition coefficient (Wildman–Crippen LogP) is 13.2. The van der Waals surface area contributed by atoms with Gasteiger partial charge in [0.2, 0.25) is 0 Å². The Kier molecular flexibility index (Phi) is 8.47. The highest BCUT2D eigenvalue weighted by Crippen LogP contribution is 2.40. The minimum atomic E-state index is 0.611. The standard InChI is InChI=1S/C52H34N4/c1-6-17-35(18-7-1)40-31-41(36-19-8-2-9-20-36)33-42(32-40)51-54-50(39-25-14-5-15-26-39)55-52(56-51)45-28-16-27-44-43(45)29-30-47-49(44)46(37-21-10-3-11-22-37)34-48(53-47)38-23-12-4-13-24-38/h1-34H. The second-order valence-corrected chi connectivity index (χ2v) is 13.9. The van der Waals surface area contributed by atoms with E-state index in [-0.39, 0.29) is 0 Å². The summed E-state index contributed by atoms with van der Waals surface area (Å²) in [6.07, 6.45) is 0.